The lowest BCUT2D eigenvalue weighted by atomic mass is 9.91. The van der Waals surface area contributed by atoms with Crippen LogP contribution in [0, 0.1) is 0 Å². The van der Waals surface area contributed by atoms with Crippen LogP contribution in [-0.2, 0) is 12.7 Å². The van der Waals surface area contributed by atoms with E-state index >= 15 is 0 Å². The maximum absolute atomic E-state index is 12.7. The Bertz CT molecular complexity index is 706. The Labute approximate surface area is 143 Å². The van der Waals surface area contributed by atoms with Crippen LogP contribution in [0.15, 0.2) is 24.7 Å². The average molecular weight is 359 g/mol. The SMILES string of the molecule is CCn1cc(C2CCN(c3ncc(C(F)(F)F)cc3Cl)CC2)cn1. The van der Waals surface area contributed by atoms with E-state index in [0.29, 0.717) is 24.8 Å². The number of piperidine rings is 1. The molecule has 2 aromatic rings. The lowest BCUT2D eigenvalue weighted by Gasteiger charge is -2.33. The molecule has 1 aliphatic heterocycles. The fraction of sp³-hybridized carbons (Fsp3) is 0.500. The van der Waals surface area contributed by atoms with Crippen LogP contribution in [0.4, 0.5) is 19.0 Å². The van der Waals surface area contributed by atoms with Crippen molar-refractivity contribution in [3.05, 3.63) is 40.8 Å². The Morgan fingerprint density at radius 3 is 2.50 bits per heavy atom. The van der Waals surface area contributed by atoms with Gasteiger partial charge >= 0.3 is 6.18 Å². The van der Waals surface area contributed by atoms with Gasteiger partial charge in [-0.05, 0) is 37.3 Å². The van der Waals surface area contributed by atoms with Crippen molar-refractivity contribution in [3.63, 3.8) is 0 Å². The highest BCUT2D eigenvalue weighted by atomic mass is 35.5. The summed E-state index contributed by atoms with van der Waals surface area (Å²) in [5.74, 6) is 0.835. The second kappa shape index (κ2) is 6.63. The predicted molar refractivity (Wildman–Crippen MR) is 86.3 cm³/mol. The Balaban J connectivity index is 1.68. The molecule has 2 aromatic heterocycles. The van der Waals surface area contributed by atoms with Crippen LogP contribution in [0.5, 0.6) is 0 Å². The van der Waals surface area contributed by atoms with E-state index in [1.807, 2.05) is 22.7 Å². The summed E-state index contributed by atoms with van der Waals surface area (Å²) in [6.45, 7) is 4.29. The van der Waals surface area contributed by atoms with Crippen LogP contribution < -0.4 is 4.90 Å². The quantitative estimate of drug-likeness (QED) is 0.817. The molecule has 0 aliphatic carbocycles. The molecule has 0 unspecified atom stereocenters. The number of aryl methyl sites for hydroxylation is 1. The van der Waals surface area contributed by atoms with E-state index in [0.717, 1.165) is 31.6 Å². The molecule has 0 radical (unpaired) electrons. The van der Waals surface area contributed by atoms with Crippen molar-refractivity contribution >= 4 is 17.4 Å². The number of rotatable bonds is 3. The molecular weight excluding hydrogens is 341 g/mol. The molecule has 0 spiro atoms. The van der Waals surface area contributed by atoms with Crippen molar-refractivity contribution < 1.29 is 13.2 Å². The average Bonchev–Trinajstić information content (AvgIpc) is 3.03. The zero-order valence-corrected chi connectivity index (χ0v) is 14.0. The highest BCUT2D eigenvalue weighted by molar-refractivity contribution is 6.33. The molecule has 0 bridgehead atoms. The lowest BCUT2D eigenvalue weighted by molar-refractivity contribution is -0.137. The van der Waals surface area contributed by atoms with Gasteiger partial charge in [0, 0.05) is 32.0 Å². The molecule has 4 nitrogen and oxygen atoms in total. The van der Waals surface area contributed by atoms with Crippen LogP contribution in [0.3, 0.4) is 0 Å². The Kier molecular flexibility index (Phi) is 4.71. The highest BCUT2D eigenvalue weighted by Gasteiger charge is 2.32. The summed E-state index contributed by atoms with van der Waals surface area (Å²) in [5.41, 5.74) is 0.390. The van der Waals surface area contributed by atoms with Gasteiger partial charge in [0.1, 0.15) is 5.82 Å². The Hall–Kier alpha value is -1.76. The second-order valence-corrected chi connectivity index (χ2v) is 6.33. The molecule has 1 saturated heterocycles. The molecule has 0 aromatic carbocycles. The minimum absolute atomic E-state index is 0.0436. The Morgan fingerprint density at radius 2 is 1.96 bits per heavy atom. The summed E-state index contributed by atoms with van der Waals surface area (Å²) in [7, 11) is 0. The third-order valence-electron chi connectivity index (χ3n) is 4.39. The standard InChI is InChI=1S/C16H18ClF3N4/c1-2-24-10-12(8-22-24)11-3-5-23(6-4-11)15-14(17)7-13(9-21-15)16(18,19)20/h7-11H,2-6H2,1H3. The lowest BCUT2D eigenvalue weighted by Crippen LogP contribution is -2.33. The van der Waals surface area contributed by atoms with Gasteiger partial charge in [-0.1, -0.05) is 11.6 Å². The molecule has 3 heterocycles. The first-order valence-electron chi connectivity index (χ1n) is 7.88. The topological polar surface area (TPSA) is 34.0 Å². The number of hydrogen-bond donors (Lipinski definition) is 0. The molecule has 0 amide bonds. The van der Waals surface area contributed by atoms with Gasteiger partial charge in [-0.2, -0.15) is 18.3 Å². The molecule has 8 heteroatoms. The summed E-state index contributed by atoms with van der Waals surface area (Å²) in [5, 5.41) is 4.34. The van der Waals surface area contributed by atoms with Crippen molar-refractivity contribution in [2.75, 3.05) is 18.0 Å². The van der Waals surface area contributed by atoms with Gasteiger partial charge in [-0.15, -0.1) is 0 Å². The normalized spacial score (nSPS) is 16.6. The van der Waals surface area contributed by atoms with E-state index in [9.17, 15) is 13.2 Å². The minimum Gasteiger partial charge on any atom is -0.355 e. The van der Waals surface area contributed by atoms with Gasteiger partial charge < -0.3 is 4.90 Å². The fourth-order valence-electron chi connectivity index (χ4n) is 3.01. The van der Waals surface area contributed by atoms with E-state index < -0.39 is 11.7 Å². The predicted octanol–water partition coefficient (Wildman–Crippen LogP) is 4.35. The van der Waals surface area contributed by atoms with E-state index in [-0.39, 0.29) is 5.02 Å². The number of alkyl halides is 3. The van der Waals surface area contributed by atoms with Crippen LogP contribution in [0.1, 0.15) is 36.8 Å². The van der Waals surface area contributed by atoms with Gasteiger partial charge in [0.25, 0.3) is 0 Å². The largest absolute Gasteiger partial charge is 0.417 e. The maximum atomic E-state index is 12.7. The number of halogens is 4. The molecular formula is C16H18ClF3N4. The summed E-state index contributed by atoms with van der Waals surface area (Å²) in [6, 6.07) is 0.946. The molecule has 0 N–H and O–H groups in total. The maximum Gasteiger partial charge on any atom is 0.417 e. The monoisotopic (exact) mass is 358 g/mol. The summed E-state index contributed by atoms with van der Waals surface area (Å²) in [6.07, 6.45) is 2.17. The number of anilines is 1. The summed E-state index contributed by atoms with van der Waals surface area (Å²) < 4.78 is 40.0. The van der Waals surface area contributed by atoms with E-state index in [1.54, 1.807) is 0 Å². The summed E-state index contributed by atoms with van der Waals surface area (Å²) in [4.78, 5) is 5.89. The first kappa shape index (κ1) is 17.1. The number of aromatic nitrogens is 3. The van der Waals surface area contributed by atoms with Crippen molar-refractivity contribution in [2.45, 2.75) is 38.4 Å². The van der Waals surface area contributed by atoms with Crippen LogP contribution in [0.25, 0.3) is 0 Å². The van der Waals surface area contributed by atoms with Crippen molar-refractivity contribution in [1.29, 1.82) is 0 Å². The molecule has 1 aliphatic rings. The minimum atomic E-state index is -4.43. The Morgan fingerprint density at radius 1 is 1.25 bits per heavy atom. The summed E-state index contributed by atoms with van der Waals surface area (Å²) >= 11 is 6.03. The molecule has 0 atom stereocenters. The van der Waals surface area contributed by atoms with Gasteiger partial charge in [0.15, 0.2) is 0 Å². The van der Waals surface area contributed by atoms with E-state index in [4.69, 9.17) is 11.6 Å². The molecule has 24 heavy (non-hydrogen) atoms. The fourth-order valence-corrected chi connectivity index (χ4v) is 3.29. The van der Waals surface area contributed by atoms with E-state index in [2.05, 4.69) is 16.3 Å². The van der Waals surface area contributed by atoms with Gasteiger partial charge in [-0.3, -0.25) is 4.68 Å². The van der Waals surface area contributed by atoms with Gasteiger partial charge in [-0.25, -0.2) is 4.98 Å². The smallest absolute Gasteiger partial charge is 0.355 e. The molecule has 130 valence electrons. The third kappa shape index (κ3) is 3.50. The number of nitrogens with zero attached hydrogens (tertiary/aromatic N) is 4. The highest BCUT2D eigenvalue weighted by Crippen LogP contribution is 2.36. The number of hydrogen-bond acceptors (Lipinski definition) is 3. The number of pyridine rings is 1. The second-order valence-electron chi connectivity index (χ2n) is 5.92. The van der Waals surface area contributed by atoms with Crippen molar-refractivity contribution in [2.24, 2.45) is 0 Å². The first-order chi connectivity index (χ1) is 11.4. The van der Waals surface area contributed by atoms with Crippen molar-refractivity contribution in [3.8, 4) is 0 Å². The van der Waals surface area contributed by atoms with Crippen LogP contribution >= 0.6 is 11.6 Å². The van der Waals surface area contributed by atoms with Crippen LogP contribution in [-0.4, -0.2) is 27.9 Å². The zero-order chi connectivity index (χ0) is 17.3. The van der Waals surface area contributed by atoms with Gasteiger partial charge in [0.05, 0.1) is 16.8 Å². The molecule has 1 fully saturated rings. The van der Waals surface area contributed by atoms with E-state index in [1.165, 1.54) is 5.56 Å². The zero-order valence-electron chi connectivity index (χ0n) is 13.2. The van der Waals surface area contributed by atoms with Crippen molar-refractivity contribution in [1.82, 2.24) is 14.8 Å². The first-order valence-corrected chi connectivity index (χ1v) is 8.26. The van der Waals surface area contributed by atoms with Gasteiger partial charge in [0.2, 0.25) is 0 Å². The molecule has 0 saturated carbocycles. The van der Waals surface area contributed by atoms with Crippen LogP contribution in [0.2, 0.25) is 5.02 Å². The third-order valence-corrected chi connectivity index (χ3v) is 4.67. The molecule has 3 rings (SSSR count).